The number of nitrogens with zero attached hydrogens (tertiary/aromatic N) is 3. The first-order valence-corrected chi connectivity index (χ1v) is 8.10. The third-order valence-electron chi connectivity index (χ3n) is 5.01. The predicted molar refractivity (Wildman–Crippen MR) is 102 cm³/mol. The van der Waals surface area contributed by atoms with Crippen LogP contribution >= 0.6 is 24.0 Å². The van der Waals surface area contributed by atoms with Gasteiger partial charge in [-0.1, -0.05) is 13.8 Å². The Bertz CT molecular complexity index is 556. The van der Waals surface area contributed by atoms with Gasteiger partial charge in [0.2, 0.25) is 0 Å². The molecule has 3 atom stereocenters. The van der Waals surface area contributed by atoms with Crippen molar-refractivity contribution < 1.29 is 4.74 Å². The molecule has 23 heavy (non-hydrogen) atoms. The summed E-state index contributed by atoms with van der Waals surface area (Å²) in [5.74, 6) is 1.48. The minimum Gasteiger partial charge on any atom is -0.377 e. The predicted octanol–water partition coefficient (Wildman–Crippen LogP) is 1.79. The van der Waals surface area contributed by atoms with Crippen molar-refractivity contribution in [2.24, 2.45) is 16.3 Å². The van der Waals surface area contributed by atoms with Crippen molar-refractivity contribution in [3.63, 3.8) is 0 Å². The van der Waals surface area contributed by atoms with E-state index < -0.39 is 0 Å². The zero-order chi connectivity index (χ0) is 15.7. The average Bonchev–Trinajstić information content (AvgIpc) is 3.10. The Labute approximate surface area is 155 Å². The van der Waals surface area contributed by atoms with Crippen molar-refractivity contribution in [2.75, 3.05) is 20.2 Å². The van der Waals surface area contributed by atoms with Crippen molar-refractivity contribution >= 4 is 29.9 Å². The van der Waals surface area contributed by atoms with Crippen LogP contribution in [0.5, 0.6) is 0 Å². The molecule has 2 N–H and O–H groups in total. The second kappa shape index (κ2) is 7.38. The number of halogens is 1. The summed E-state index contributed by atoms with van der Waals surface area (Å²) in [6.07, 6.45) is 5.47. The minimum atomic E-state index is 0. The van der Waals surface area contributed by atoms with Gasteiger partial charge in [-0.3, -0.25) is 9.67 Å². The summed E-state index contributed by atoms with van der Waals surface area (Å²) in [4.78, 5) is 4.35. The zero-order valence-corrected chi connectivity index (χ0v) is 16.7. The van der Waals surface area contributed by atoms with Gasteiger partial charge in [-0.05, 0) is 18.9 Å². The average molecular weight is 433 g/mol. The first-order chi connectivity index (χ1) is 10.5. The van der Waals surface area contributed by atoms with Crippen LogP contribution in [-0.2, 0) is 11.3 Å². The second-order valence-electron chi connectivity index (χ2n) is 6.97. The highest BCUT2D eigenvalue weighted by Gasteiger charge is 2.59. The molecule has 1 aromatic heterocycles. The molecule has 2 fully saturated rings. The molecule has 1 aromatic rings. The van der Waals surface area contributed by atoms with Crippen molar-refractivity contribution in [3.8, 4) is 0 Å². The summed E-state index contributed by atoms with van der Waals surface area (Å²) < 4.78 is 7.79. The highest BCUT2D eigenvalue weighted by Crippen LogP contribution is 2.51. The molecule has 0 radical (unpaired) electrons. The molecular formula is C16H28IN5O. The molecular weight excluding hydrogens is 405 g/mol. The second-order valence-corrected chi connectivity index (χ2v) is 6.97. The van der Waals surface area contributed by atoms with E-state index in [1.807, 2.05) is 24.1 Å². The van der Waals surface area contributed by atoms with Crippen molar-refractivity contribution in [3.05, 3.63) is 18.0 Å². The lowest BCUT2D eigenvalue weighted by atomic mass is 9.57. The van der Waals surface area contributed by atoms with Gasteiger partial charge >= 0.3 is 0 Å². The molecule has 2 aliphatic rings. The molecule has 3 unspecified atom stereocenters. The van der Waals surface area contributed by atoms with E-state index in [2.05, 4.69) is 41.5 Å². The quantitative estimate of drug-likeness (QED) is 0.432. The molecule has 0 amide bonds. The normalized spacial score (nSPS) is 28.5. The number of guanidine groups is 1. The van der Waals surface area contributed by atoms with Gasteiger partial charge in [0.25, 0.3) is 0 Å². The molecule has 1 saturated carbocycles. The van der Waals surface area contributed by atoms with Crippen molar-refractivity contribution in [2.45, 2.75) is 45.9 Å². The van der Waals surface area contributed by atoms with Crippen LogP contribution in [-0.4, -0.2) is 48.1 Å². The van der Waals surface area contributed by atoms with Gasteiger partial charge in [0, 0.05) is 43.8 Å². The van der Waals surface area contributed by atoms with Gasteiger partial charge in [-0.25, -0.2) is 0 Å². The number of fused-ring (bicyclic) bond motifs is 1. The Morgan fingerprint density at radius 2 is 2.30 bits per heavy atom. The summed E-state index contributed by atoms with van der Waals surface area (Å²) in [5, 5.41) is 11.3. The van der Waals surface area contributed by atoms with Crippen LogP contribution in [0.4, 0.5) is 0 Å². The van der Waals surface area contributed by atoms with Gasteiger partial charge < -0.3 is 15.4 Å². The maximum Gasteiger partial charge on any atom is 0.191 e. The van der Waals surface area contributed by atoms with E-state index in [-0.39, 0.29) is 29.4 Å². The van der Waals surface area contributed by atoms with Gasteiger partial charge in [0.15, 0.2) is 5.96 Å². The van der Waals surface area contributed by atoms with Crippen LogP contribution in [0.1, 0.15) is 25.8 Å². The summed E-state index contributed by atoms with van der Waals surface area (Å²) in [6.45, 7) is 9.13. The maximum atomic E-state index is 5.84. The maximum absolute atomic E-state index is 5.84. The van der Waals surface area contributed by atoms with Gasteiger partial charge in [0.05, 0.1) is 18.8 Å². The first kappa shape index (κ1) is 18.5. The third kappa shape index (κ3) is 3.65. The number of nitrogens with one attached hydrogen (secondary N) is 2. The van der Waals surface area contributed by atoms with Crippen molar-refractivity contribution in [1.29, 1.82) is 0 Å². The lowest BCUT2D eigenvalue weighted by Gasteiger charge is -2.54. The fourth-order valence-corrected chi connectivity index (χ4v) is 3.84. The lowest BCUT2D eigenvalue weighted by Crippen LogP contribution is -2.68. The van der Waals surface area contributed by atoms with E-state index in [4.69, 9.17) is 4.74 Å². The topological polar surface area (TPSA) is 63.5 Å². The van der Waals surface area contributed by atoms with Crippen molar-refractivity contribution in [1.82, 2.24) is 20.4 Å². The number of hydrogen-bond acceptors (Lipinski definition) is 3. The van der Waals surface area contributed by atoms with E-state index in [0.29, 0.717) is 18.1 Å². The molecule has 1 aliphatic heterocycles. The molecule has 130 valence electrons. The van der Waals surface area contributed by atoms with E-state index >= 15 is 0 Å². The van der Waals surface area contributed by atoms with Crippen LogP contribution < -0.4 is 10.6 Å². The summed E-state index contributed by atoms with van der Waals surface area (Å²) >= 11 is 0. The highest BCUT2D eigenvalue weighted by molar-refractivity contribution is 14.0. The summed E-state index contributed by atoms with van der Waals surface area (Å²) in [5.41, 5.74) is 1.35. The largest absolute Gasteiger partial charge is 0.377 e. The van der Waals surface area contributed by atoms with Crippen LogP contribution in [0.3, 0.4) is 0 Å². The smallest absolute Gasteiger partial charge is 0.191 e. The molecule has 0 aromatic carbocycles. The molecule has 3 rings (SSSR count). The third-order valence-corrected chi connectivity index (χ3v) is 5.01. The number of rotatable bonds is 4. The number of aryl methyl sites for hydroxylation is 1. The molecule has 6 nitrogen and oxygen atoms in total. The van der Waals surface area contributed by atoms with E-state index in [9.17, 15) is 0 Å². The van der Waals surface area contributed by atoms with Crippen LogP contribution in [0.15, 0.2) is 17.4 Å². The van der Waals surface area contributed by atoms with E-state index in [1.165, 1.54) is 5.56 Å². The fraction of sp³-hybridized carbons (Fsp3) is 0.750. The van der Waals surface area contributed by atoms with Crippen LogP contribution in [0, 0.1) is 18.3 Å². The summed E-state index contributed by atoms with van der Waals surface area (Å²) in [7, 11) is 1.82. The molecule has 2 heterocycles. The van der Waals surface area contributed by atoms with Gasteiger partial charge in [-0.15, -0.1) is 24.0 Å². The number of hydrogen-bond donors (Lipinski definition) is 2. The molecule has 1 saturated heterocycles. The monoisotopic (exact) mass is 433 g/mol. The Hall–Kier alpha value is -0.830. The number of ether oxygens (including phenoxy) is 1. The standard InChI is InChI=1S/C16H27N5O.HI/c1-11-9-19-21(10-11)7-6-18-15(17-4)20-13-12-5-8-22-14(12)16(13,2)3;/h9-10,12-14H,5-8H2,1-4H3,(H2,17,18,20);1H. The van der Waals surface area contributed by atoms with Crippen LogP contribution in [0.2, 0.25) is 0 Å². The van der Waals surface area contributed by atoms with E-state index in [1.54, 1.807) is 0 Å². The minimum absolute atomic E-state index is 0. The molecule has 0 bridgehead atoms. The Kier molecular flexibility index (Phi) is 5.94. The molecule has 1 aliphatic carbocycles. The number of aromatic nitrogens is 2. The van der Waals surface area contributed by atoms with Gasteiger partial charge in [-0.2, -0.15) is 5.10 Å². The molecule has 7 heteroatoms. The first-order valence-electron chi connectivity index (χ1n) is 8.10. The Morgan fingerprint density at radius 3 is 2.96 bits per heavy atom. The van der Waals surface area contributed by atoms with Crippen LogP contribution in [0.25, 0.3) is 0 Å². The number of aliphatic imine (C=N–C) groups is 1. The zero-order valence-electron chi connectivity index (χ0n) is 14.4. The van der Waals surface area contributed by atoms with E-state index in [0.717, 1.165) is 32.1 Å². The summed E-state index contributed by atoms with van der Waals surface area (Å²) in [6, 6.07) is 0.429. The fourth-order valence-electron chi connectivity index (χ4n) is 3.84. The SMILES string of the molecule is CN=C(NCCn1cc(C)cn1)NC1C2CCOC2C1(C)C.I. The Balaban J connectivity index is 0.00000192. The highest BCUT2D eigenvalue weighted by atomic mass is 127. The van der Waals surface area contributed by atoms with Gasteiger partial charge in [0.1, 0.15) is 0 Å². The molecule has 0 spiro atoms. The lowest BCUT2D eigenvalue weighted by molar-refractivity contribution is -0.106. The Morgan fingerprint density at radius 1 is 1.52 bits per heavy atom.